The molecule has 1 aromatic heterocycles. The summed E-state index contributed by atoms with van der Waals surface area (Å²) in [4.78, 5) is 27.9. The third kappa shape index (κ3) is 8.09. The van der Waals surface area contributed by atoms with Gasteiger partial charge in [0.05, 0.1) is 31.0 Å². The number of nitrogens with zero attached hydrogens (tertiary/aromatic N) is 5. The average Bonchev–Trinajstić information content (AvgIpc) is 3.47. The average molecular weight is 581 g/mol. The van der Waals surface area contributed by atoms with Crippen molar-refractivity contribution in [2.75, 3.05) is 77.4 Å². The number of hydrogen-bond donors (Lipinski definition) is 1. The Balaban J connectivity index is 0.000000572. The molecule has 0 unspecified atom stereocenters. The molecule has 1 saturated heterocycles. The maximum Gasteiger partial charge on any atom is 0.318 e. The van der Waals surface area contributed by atoms with Crippen LogP contribution < -0.4 is 19.9 Å². The number of ether oxygens (including phenoxy) is 2. The molecule has 3 aromatic rings. The molecule has 1 N–H and O–H groups in total. The minimum Gasteiger partial charge on any atom is -0.467 e. The Labute approximate surface area is 248 Å². The van der Waals surface area contributed by atoms with Gasteiger partial charge in [0.15, 0.2) is 0 Å². The van der Waals surface area contributed by atoms with Crippen LogP contribution in [-0.2, 0) is 22.5 Å². The van der Waals surface area contributed by atoms with Gasteiger partial charge in [-0.25, -0.2) is 0 Å². The maximum atomic E-state index is 11.9. The van der Waals surface area contributed by atoms with Crippen molar-refractivity contribution in [3.63, 3.8) is 0 Å². The number of fused-ring (bicyclic) bond motifs is 2. The van der Waals surface area contributed by atoms with E-state index >= 15 is 0 Å². The van der Waals surface area contributed by atoms with E-state index in [-0.39, 0.29) is 5.91 Å². The number of aromatic nitrogens is 2. The highest BCUT2D eigenvalue weighted by molar-refractivity contribution is 6.36. The Morgan fingerprint density at radius 2 is 1.88 bits per heavy atom. The van der Waals surface area contributed by atoms with Gasteiger partial charge in [0, 0.05) is 56.5 Å². The molecular weight excluding hydrogens is 540 g/mol. The van der Waals surface area contributed by atoms with E-state index in [0.717, 1.165) is 51.5 Å². The van der Waals surface area contributed by atoms with Gasteiger partial charge in [-0.15, -0.1) is 0 Å². The second kappa shape index (κ2) is 15.0. The van der Waals surface area contributed by atoms with Crippen LogP contribution in [0.2, 0.25) is 5.02 Å². The number of anilines is 2. The molecule has 0 atom stereocenters. The molecule has 220 valence electrons. The zero-order valence-electron chi connectivity index (χ0n) is 24.5. The first-order chi connectivity index (χ1) is 19.9. The molecule has 0 saturated carbocycles. The van der Waals surface area contributed by atoms with Crippen molar-refractivity contribution in [2.45, 2.75) is 25.8 Å². The molecule has 9 nitrogen and oxygen atoms in total. The summed E-state index contributed by atoms with van der Waals surface area (Å²) < 4.78 is 10.3. The Morgan fingerprint density at radius 3 is 2.56 bits per heavy atom. The summed E-state index contributed by atoms with van der Waals surface area (Å²) in [6.07, 6.45) is 6.77. The molecule has 1 amide bonds. The summed E-state index contributed by atoms with van der Waals surface area (Å²) in [7, 11) is 7.30. The van der Waals surface area contributed by atoms with E-state index in [1.165, 1.54) is 32.0 Å². The number of benzene rings is 2. The molecule has 1 fully saturated rings. The molecule has 0 radical (unpaired) electrons. The number of likely N-dealkylation sites (N-methyl/N-ethyl adjacent to an activating group) is 1. The lowest BCUT2D eigenvalue weighted by Crippen LogP contribution is -2.36. The van der Waals surface area contributed by atoms with Gasteiger partial charge in [-0.2, -0.15) is 9.97 Å². The molecule has 0 spiro atoms. The van der Waals surface area contributed by atoms with Crippen LogP contribution in [0.3, 0.4) is 0 Å². The summed E-state index contributed by atoms with van der Waals surface area (Å²) >= 11 is 6.58. The van der Waals surface area contributed by atoms with Crippen LogP contribution in [0.1, 0.15) is 24.1 Å². The number of hydrogen-bond acceptors (Lipinski definition) is 8. The molecule has 0 aliphatic carbocycles. The van der Waals surface area contributed by atoms with E-state index in [1.807, 2.05) is 24.1 Å². The second-order valence-electron chi connectivity index (χ2n) is 10.3. The number of methoxy groups -OCH3 is 2. The van der Waals surface area contributed by atoms with Crippen molar-refractivity contribution in [1.82, 2.24) is 20.2 Å². The van der Waals surface area contributed by atoms with E-state index in [2.05, 4.69) is 56.4 Å². The summed E-state index contributed by atoms with van der Waals surface area (Å²) in [5, 5.41) is 5.78. The van der Waals surface area contributed by atoms with Crippen LogP contribution in [0, 0.1) is 0 Å². The van der Waals surface area contributed by atoms with Crippen molar-refractivity contribution in [3.05, 3.63) is 64.8 Å². The van der Waals surface area contributed by atoms with Gasteiger partial charge in [0.25, 0.3) is 0 Å². The standard InChI is InChI=1S/C26H30ClN5O3.C5H11N/c1-31(15-13-28-23(33)11-6-16-34-2)25-19-12-14-32(17-21(19)29-26(30-25)35-3)22-10-5-8-18-7-4-9-20(27)24(18)22;1-6-4-2-3-5-6/h4-11H,12-17H2,1-3H3,(H,28,33);2-5H2,1H3/b11-6+;. The molecule has 2 aliphatic heterocycles. The van der Waals surface area contributed by atoms with Gasteiger partial charge in [-0.1, -0.05) is 41.9 Å². The quantitative estimate of drug-likeness (QED) is 0.375. The Hall–Kier alpha value is -3.40. The highest BCUT2D eigenvalue weighted by atomic mass is 35.5. The van der Waals surface area contributed by atoms with Crippen molar-refractivity contribution >= 4 is 39.8 Å². The number of rotatable bonds is 9. The lowest BCUT2D eigenvalue weighted by atomic mass is 10.0. The first kappa shape index (κ1) is 30.6. The Kier molecular flexibility index (Phi) is 11.2. The highest BCUT2D eigenvalue weighted by Crippen LogP contribution is 2.36. The van der Waals surface area contributed by atoms with E-state index in [1.54, 1.807) is 20.3 Å². The van der Waals surface area contributed by atoms with Crippen LogP contribution in [0.4, 0.5) is 11.5 Å². The third-order valence-electron chi connectivity index (χ3n) is 7.35. The topological polar surface area (TPSA) is 83.1 Å². The SMILES string of the molecule is CN1CCCC1.COC/C=C/C(=O)NCCN(C)c1nc(OC)nc2c1CCN(c1cccc3cccc(Cl)c13)C2. The van der Waals surface area contributed by atoms with Crippen molar-refractivity contribution < 1.29 is 14.3 Å². The number of halogens is 1. The normalized spacial score (nSPS) is 15.0. The summed E-state index contributed by atoms with van der Waals surface area (Å²) in [6.45, 7) is 5.56. The Morgan fingerprint density at radius 1 is 1.12 bits per heavy atom. The first-order valence-electron chi connectivity index (χ1n) is 14.1. The van der Waals surface area contributed by atoms with Gasteiger partial charge >= 0.3 is 6.01 Å². The highest BCUT2D eigenvalue weighted by Gasteiger charge is 2.26. The fraction of sp³-hybridized carbons (Fsp3) is 0.452. The van der Waals surface area contributed by atoms with Crippen LogP contribution in [0.15, 0.2) is 48.6 Å². The molecule has 2 aromatic carbocycles. The maximum absolute atomic E-state index is 11.9. The van der Waals surface area contributed by atoms with E-state index in [0.29, 0.717) is 32.3 Å². The lowest BCUT2D eigenvalue weighted by molar-refractivity contribution is -0.116. The fourth-order valence-electron chi connectivity index (χ4n) is 5.18. The summed E-state index contributed by atoms with van der Waals surface area (Å²) in [5.74, 6) is 0.675. The number of nitrogens with one attached hydrogen (secondary N) is 1. The van der Waals surface area contributed by atoms with Crippen molar-refractivity contribution in [3.8, 4) is 6.01 Å². The number of amides is 1. The largest absolute Gasteiger partial charge is 0.467 e. The van der Waals surface area contributed by atoms with Gasteiger partial charge in [0.2, 0.25) is 5.91 Å². The van der Waals surface area contributed by atoms with Crippen molar-refractivity contribution in [2.24, 2.45) is 0 Å². The minimum absolute atomic E-state index is 0.151. The first-order valence-corrected chi connectivity index (χ1v) is 14.5. The van der Waals surface area contributed by atoms with Crippen LogP contribution in [0.5, 0.6) is 6.01 Å². The van der Waals surface area contributed by atoms with Gasteiger partial charge in [-0.3, -0.25) is 4.79 Å². The van der Waals surface area contributed by atoms with Crippen LogP contribution in [0.25, 0.3) is 10.8 Å². The zero-order valence-corrected chi connectivity index (χ0v) is 25.3. The number of carbonyl (C=O) groups excluding carboxylic acids is 1. The number of likely N-dealkylation sites (tertiary alicyclic amines) is 1. The molecule has 0 bridgehead atoms. The van der Waals surface area contributed by atoms with E-state index < -0.39 is 0 Å². The second-order valence-corrected chi connectivity index (χ2v) is 10.7. The van der Waals surface area contributed by atoms with Gasteiger partial charge < -0.3 is 29.5 Å². The third-order valence-corrected chi connectivity index (χ3v) is 7.66. The monoisotopic (exact) mass is 580 g/mol. The predicted octanol–water partition coefficient (Wildman–Crippen LogP) is 4.32. The van der Waals surface area contributed by atoms with Crippen LogP contribution >= 0.6 is 11.6 Å². The fourth-order valence-corrected chi connectivity index (χ4v) is 5.46. The molecule has 2 aliphatic rings. The van der Waals surface area contributed by atoms with Crippen LogP contribution in [-0.4, -0.2) is 88.4 Å². The smallest absolute Gasteiger partial charge is 0.318 e. The van der Waals surface area contributed by atoms with Crippen molar-refractivity contribution in [1.29, 1.82) is 0 Å². The summed E-state index contributed by atoms with van der Waals surface area (Å²) in [6, 6.07) is 12.5. The Bertz CT molecular complexity index is 1340. The minimum atomic E-state index is -0.151. The van der Waals surface area contributed by atoms with Gasteiger partial charge in [0.1, 0.15) is 5.82 Å². The molecule has 3 heterocycles. The zero-order chi connectivity index (χ0) is 29.2. The van der Waals surface area contributed by atoms with E-state index in [4.69, 9.17) is 21.1 Å². The van der Waals surface area contributed by atoms with Gasteiger partial charge in [-0.05, 0) is 56.9 Å². The lowest BCUT2D eigenvalue weighted by Gasteiger charge is -2.33. The molecule has 10 heteroatoms. The van der Waals surface area contributed by atoms with E-state index in [9.17, 15) is 4.79 Å². The molecular formula is C31H41ClN6O3. The molecule has 41 heavy (non-hydrogen) atoms. The summed E-state index contributed by atoms with van der Waals surface area (Å²) in [5.41, 5.74) is 3.12. The number of carbonyl (C=O) groups is 1. The predicted molar refractivity (Wildman–Crippen MR) is 166 cm³/mol. The molecule has 5 rings (SSSR count).